The van der Waals surface area contributed by atoms with Gasteiger partial charge in [-0.05, 0) is 24.1 Å². The second-order valence-corrected chi connectivity index (χ2v) is 4.65. The molecule has 0 spiro atoms. The number of aliphatic carboxylic acids is 1. The lowest BCUT2D eigenvalue weighted by molar-refractivity contribution is -0.144. The van der Waals surface area contributed by atoms with Crippen LogP contribution in [0.4, 0.5) is 0 Å². The van der Waals surface area contributed by atoms with Gasteiger partial charge in [-0.25, -0.2) is 4.79 Å². The molecular formula is C11H13BrN4O2. The number of hydrogen-bond acceptors (Lipinski definition) is 3. The van der Waals surface area contributed by atoms with Crippen LogP contribution in [0, 0.1) is 0 Å². The van der Waals surface area contributed by atoms with Crippen molar-refractivity contribution in [1.29, 1.82) is 0 Å². The molecule has 0 aliphatic carbocycles. The lowest BCUT2D eigenvalue weighted by Gasteiger charge is -2.27. The maximum absolute atomic E-state index is 11.5. The number of halogens is 1. The van der Waals surface area contributed by atoms with E-state index in [1.54, 1.807) is 25.1 Å². The van der Waals surface area contributed by atoms with Crippen molar-refractivity contribution in [1.82, 2.24) is 5.32 Å². The Kier molecular flexibility index (Phi) is 5.15. The van der Waals surface area contributed by atoms with Gasteiger partial charge in [0.2, 0.25) is 0 Å². The highest BCUT2D eigenvalue weighted by atomic mass is 79.9. The largest absolute Gasteiger partial charge is 0.480 e. The van der Waals surface area contributed by atoms with Crippen LogP contribution in [-0.4, -0.2) is 24.2 Å². The molecule has 2 N–H and O–H groups in total. The zero-order valence-corrected chi connectivity index (χ0v) is 11.4. The molecular weight excluding hydrogens is 300 g/mol. The van der Waals surface area contributed by atoms with Crippen LogP contribution in [0.3, 0.4) is 0 Å². The number of carboxylic acids is 1. The van der Waals surface area contributed by atoms with E-state index in [1.807, 2.05) is 6.07 Å². The van der Waals surface area contributed by atoms with Crippen LogP contribution in [0.15, 0.2) is 33.9 Å². The van der Waals surface area contributed by atoms with Gasteiger partial charge in [-0.1, -0.05) is 39.2 Å². The van der Waals surface area contributed by atoms with E-state index < -0.39 is 11.5 Å². The second kappa shape index (κ2) is 6.39. The maximum atomic E-state index is 11.5. The molecule has 1 rings (SSSR count). The van der Waals surface area contributed by atoms with Crippen molar-refractivity contribution in [2.24, 2.45) is 5.11 Å². The summed E-state index contributed by atoms with van der Waals surface area (Å²) in [6, 6.07) is 7.11. The number of nitrogens with one attached hydrogen (secondary N) is 1. The highest BCUT2D eigenvalue weighted by Crippen LogP contribution is 2.28. The maximum Gasteiger partial charge on any atom is 0.328 e. The molecule has 0 heterocycles. The van der Waals surface area contributed by atoms with Gasteiger partial charge in [0.1, 0.15) is 5.54 Å². The Hall–Kier alpha value is -1.56. The minimum atomic E-state index is -1.23. The molecule has 1 aromatic rings. The van der Waals surface area contributed by atoms with Crippen LogP contribution in [0.2, 0.25) is 0 Å². The Morgan fingerprint density at radius 3 is 2.83 bits per heavy atom. The van der Waals surface area contributed by atoms with Crippen molar-refractivity contribution < 1.29 is 9.90 Å². The predicted molar refractivity (Wildman–Crippen MR) is 71.1 cm³/mol. The first-order valence-corrected chi connectivity index (χ1v) is 6.06. The molecule has 0 aromatic heterocycles. The van der Waals surface area contributed by atoms with Crippen molar-refractivity contribution >= 4 is 21.9 Å². The standard InChI is InChI=1S/C11H13BrN4O2/c1-11(10(17)18,14-6-7-15-16-13)8-4-2-3-5-9(8)12/h2-5,14H,6-7H2,1H3,(H,17,18). The van der Waals surface area contributed by atoms with E-state index in [1.165, 1.54) is 0 Å². The van der Waals surface area contributed by atoms with E-state index in [2.05, 4.69) is 31.3 Å². The first-order valence-electron chi connectivity index (χ1n) is 5.26. The van der Waals surface area contributed by atoms with Gasteiger partial charge in [-0.15, -0.1) is 0 Å². The van der Waals surface area contributed by atoms with Gasteiger partial charge in [-0.2, -0.15) is 0 Å². The summed E-state index contributed by atoms with van der Waals surface area (Å²) in [7, 11) is 0. The minimum Gasteiger partial charge on any atom is -0.480 e. The predicted octanol–water partition coefficient (Wildman–Crippen LogP) is 2.65. The van der Waals surface area contributed by atoms with Gasteiger partial charge < -0.3 is 5.11 Å². The molecule has 0 aliphatic heterocycles. The molecule has 0 aliphatic rings. The quantitative estimate of drug-likeness (QED) is 0.365. The first-order chi connectivity index (χ1) is 8.52. The Labute approximate surface area is 113 Å². The fourth-order valence-electron chi connectivity index (χ4n) is 1.55. The Balaban J connectivity index is 2.97. The molecule has 18 heavy (non-hydrogen) atoms. The summed E-state index contributed by atoms with van der Waals surface area (Å²) in [6.45, 7) is 2.06. The summed E-state index contributed by atoms with van der Waals surface area (Å²) >= 11 is 3.34. The normalized spacial score (nSPS) is 13.4. The third-order valence-electron chi connectivity index (χ3n) is 2.59. The second-order valence-electron chi connectivity index (χ2n) is 3.79. The van der Waals surface area contributed by atoms with E-state index in [0.29, 0.717) is 10.0 Å². The van der Waals surface area contributed by atoms with Crippen molar-refractivity contribution in [2.75, 3.05) is 13.1 Å². The van der Waals surface area contributed by atoms with Crippen molar-refractivity contribution in [3.8, 4) is 0 Å². The number of rotatable bonds is 6. The van der Waals surface area contributed by atoms with Crippen LogP contribution in [0.1, 0.15) is 12.5 Å². The van der Waals surface area contributed by atoms with E-state index in [4.69, 9.17) is 5.53 Å². The van der Waals surface area contributed by atoms with Crippen LogP contribution >= 0.6 is 15.9 Å². The molecule has 0 saturated carbocycles. The number of carbonyl (C=O) groups is 1. The lowest BCUT2D eigenvalue weighted by atomic mass is 9.92. The first kappa shape index (κ1) is 14.5. The van der Waals surface area contributed by atoms with Gasteiger partial charge in [0.05, 0.1) is 0 Å². The molecule has 0 fully saturated rings. The Morgan fingerprint density at radius 2 is 2.28 bits per heavy atom. The molecule has 1 unspecified atom stereocenters. The number of benzene rings is 1. The molecule has 0 saturated heterocycles. The summed E-state index contributed by atoms with van der Waals surface area (Å²) < 4.78 is 0.714. The summed E-state index contributed by atoms with van der Waals surface area (Å²) in [4.78, 5) is 14.1. The number of carboxylic acid groups (broad SMARTS) is 1. The average molecular weight is 313 g/mol. The van der Waals surface area contributed by atoms with Crippen molar-refractivity contribution in [2.45, 2.75) is 12.5 Å². The summed E-state index contributed by atoms with van der Waals surface area (Å²) in [5.74, 6) is -0.990. The average Bonchev–Trinajstić information content (AvgIpc) is 2.34. The molecule has 0 amide bonds. The zero-order chi connectivity index (χ0) is 13.6. The number of azide groups is 1. The van der Waals surface area contributed by atoms with E-state index in [-0.39, 0.29) is 13.1 Å². The topological polar surface area (TPSA) is 98.1 Å². The van der Waals surface area contributed by atoms with Gasteiger partial charge in [-0.3, -0.25) is 5.32 Å². The fourth-order valence-corrected chi connectivity index (χ4v) is 2.23. The molecule has 1 aromatic carbocycles. The summed E-state index contributed by atoms with van der Waals surface area (Å²) in [6.07, 6.45) is 0. The number of nitrogens with zero attached hydrogens (tertiary/aromatic N) is 3. The van der Waals surface area contributed by atoms with Crippen molar-refractivity contribution in [3.05, 3.63) is 44.7 Å². The highest BCUT2D eigenvalue weighted by molar-refractivity contribution is 9.10. The van der Waals surface area contributed by atoms with Crippen LogP contribution in [-0.2, 0) is 10.3 Å². The molecule has 96 valence electrons. The molecule has 6 nitrogen and oxygen atoms in total. The SMILES string of the molecule is CC(NCCN=[N+]=[N-])(C(=O)O)c1ccccc1Br. The highest BCUT2D eigenvalue weighted by Gasteiger charge is 2.35. The lowest BCUT2D eigenvalue weighted by Crippen LogP contribution is -2.47. The van der Waals surface area contributed by atoms with Gasteiger partial charge in [0, 0.05) is 22.5 Å². The number of hydrogen-bond donors (Lipinski definition) is 2. The fraction of sp³-hybridized carbons (Fsp3) is 0.364. The van der Waals surface area contributed by atoms with Crippen molar-refractivity contribution in [3.63, 3.8) is 0 Å². The van der Waals surface area contributed by atoms with Crippen LogP contribution in [0.25, 0.3) is 10.4 Å². The van der Waals surface area contributed by atoms with E-state index in [0.717, 1.165) is 0 Å². The van der Waals surface area contributed by atoms with Gasteiger partial charge in [0.15, 0.2) is 0 Å². The minimum absolute atomic E-state index is 0.198. The molecule has 7 heteroatoms. The van der Waals surface area contributed by atoms with E-state index >= 15 is 0 Å². The molecule has 1 atom stereocenters. The Bertz CT molecular complexity index is 488. The molecule has 0 bridgehead atoms. The molecule has 0 radical (unpaired) electrons. The zero-order valence-electron chi connectivity index (χ0n) is 9.80. The third kappa shape index (κ3) is 3.22. The third-order valence-corrected chi connectivity index (χ3v) is 3.29. The van der Waals surface area contributed by atoms with Crippen LogP contribution < -0.4 is 5.32 Å². The van der Waals surface area contributed by atoms with Crippen LogP contribution in [0.5, 0.6) is 0 Å². The monoisotopic (exact) mass is 312 g/mol. The van der Waals surface area contributed by atoms with E-state index in [9.17, 15) is 9.90 Å². The summed E-state index contributed by atoms with van der Waals surface area (Å²) in [5.41, 5.74) is 7.57. The van der Waals surface area contributed by atoms with Gasteiger partial charge >= 0.3 is 5.97 Å². The van der Waals surface area contributed by atoms with Gasteiger partial charge in [0.25, 0.3) is 0 Å². The summed E-state index contributed by atoms with van der Waals surface area (Å²) in [5, 5.41) is 15.6. The smallest absolute Gasteiger partial charge is 0.328 e. The Morgan fingerprint density at radius 1 is 1.61 bits per heavy atom.